The summed E-state index contributed by atoms with van der Waals surface area (Å²) >= 11 is 6.20. The highest BCUT2D eigenvalue weighted by Crippen LogP contribution is 2.29. The van der Waals surface area contributed by atoms with Crippen LogP contribution in [0.1, 0.15) is 5.82 Å². The van der Waals surface area contributed by atoms with Crippen LogP contribution >= 0.6 is 11.6 Å². The zero-order chi connectivity index (χ0) is 14.8. The Hall–Kier alpha value is -2.40. The Morgan fingerprint density at radius 1 is 1.10 bits per heavy atom. The van der Waals surface area contributed by atoms with Crippen LogP contribution in [0, 0.1) is 6.92 Å². The predicted molar refractivity (Wildman–Crippen MR) is 86.4 cm³/mol. The molecule has 21 heavy (non-hydrogen) atoms. The van der Waals surface area contributed by atoms with Gasteiger partial charge in [0.2, 0.25) is 0 Å². The molecule has 1 aromatic carbocycles. The molecule has 0 bridgehead atoms. The number of nitrogens with one attached hydrogen (secondary N) is 2. The Morgan fingerprint density at radius 3 is 2.71 bits per heavy atom. The molecule has 0 radical (unpaired) electrons. The zero-order valence-electron chi connectivity index (χ0n) is 11.7. The number of aromatic nitrogens is 3. The van der Waals surface area contributed by atoms with Gasteiger partial charge in [0.1, 0.15) is 17.5 Å². The SMILES string of the molecule is CNc1cc(Nc2ccc(Cl)c3cccnc23)nc(C)n1. The lowest BCUT2D eigenvalue weighted by Gasteiger charge is -2.11. The molecule has 2 aromatic heterocycles. The van der Waals surface area contributed by atoms with Crippen molar-refractivity contribution < 1.29 is 0 Å². The lowest BCUT2D eigenvalue weighted by molar-refractivity contribution is 1.06. The minimum absolute atomic E-state index is 0.679. The maximum atomic E-state index is 6.20. The average Bonchev–Trinajstić information content (AvgIpc) is 2.50. The van der Waals surface area contributed by atoms with Crippen molar-refractivity contribution in [2.45, 2.75) is 6.92 Å². The van der Waals surface area contributed by atoms with E-state index in [-0.39, 0.29) is 0 Å². The Kier molecular flexibility index (Phi) is 3.58. The first kappa shape index (κ1) is 13.6. The van der Waals surface area contributed by atoms with Crippen molar-refractivity contribution in [1.82, 2.24) is 15.0 Å². The third-order valence-electron chi connectivity index (χ3n) is 3.07. The number of fused-ring (bicyclic) bond motifs is 1. The first-order valence-corrected chi connectivity index (χ1v) is 6.89. The molecule has 106 valence electrons. The fourth-order valence-electron chi connectivity index (χ4n) is 2.14. The second kappa shape index (κ2) is 5.54. The molecule has 3 aromatic rings. The largest absolute Gasteiger partial charge is 0.373 e. The van der Waals surface area contributed by atoms with Gasteiger partial charge in [0.15, 0.2) is 0 Å². The van der Waals surface area contributed by atoms with Crippen molar-refractivity contribution >= 4 is 39.8 Å². The number of benzene rings is 1. The lowest BCUT2D eigenvalue weighted by Crippen LogP contribution is -2.01. The van der Waals surface area contributed by atoms with Gasteiger partial charge < -0.3 is 10.6 Å². The van der Waals surface area contributed by atoms with Crippen molar-refractivity contribution in [2.75, 3.05) is 17.7 Å². The Bertz CT molecular complexity index is 803. The van der Waals surface area contributed by atoms with Gasteiger partial charge in [-0.3, -0.25) is 4.98 Å². The highest BCUT2D eigenvalue weighted by atomic mass is 35.5. The third kappa shape index (κ3) is 2.73. The number of pyridine rings is 1. The average molecular weight is 300 g/mol. The van der Waals surface area contributed by atoms with Crippen LogP contribution in [0.25, 0.3) is 10.9 Å². The molecule has 0 aliphatic carbocycles. The van der Waals surface area contributed by atoms with Crippen molar-refractivity contribution in [3.05, 3.63) is 47.4 Å². The van der Waals surface area contributed by atoms with Crippen LogP contribution in [0.2, 0.25) is 5.02 Å². The number of anilines is 3. The third-order valence-corrected chi connectivity index (χ3v) is 3.40. The summed E-state index contributed by atoms with van der Waals surface area (Å²) in [6.07, 6.45) is 1.74. The monoisotopic (exact) mass is 299 g/mol. The van der Waals surface area contributed by atoms with Gasteiger partial charge in [0.25, 0.3) is 0 Å². The number of hydrogen-bond acceptors (Lipinski definition) is 5. The molecule has 0 spiro atoms. The molecule has 0 amide bonds. The number of aryl methyl sites for hydroxylation is 1. The van der Waals surface area contributed by atoms with Crippen molar-refractivity contribution in [1.29, 1.82) is 0 Å². The van der Waals surface area contributed by atoms with E-state index in [1.54, 1.807) is 6.20 Å². The van der Waals surface area contributed by atoms with Gasteiger partial charge in [0.05, 0.1) is 16.2 Å². The number of rotatable bonds is 3. The Balaban J connectivity index is 2.06. The maximum Gasteiger partial charge on any atom is 0.136 e. The van der Waals surface area contributed by atoms with Crippen LogP contribution in [0.5, 0.6) is 0 Å². The smallest absolute Gasteiger partial charge is 0.136 e. The van der Waals surface area contributed by atoms with Crippen LogP contribution in [0.3, 0.4) is 0 Å². The molecule has 2 heterocycles. The number of nitrogens with zero attached hydrogens (tertiary/aromatic N) is 3. The standard InChI is InChI=1S/C15H14ClN5/c1-9-19-13(17-2)8-14(20-9)21-12-6-5-11(16)10-4-3-7-18-15(10)12/h3-8H,1-2H3,(H2,17,19,20,21). The molecule has 0 saturated heterocycles. The van der Waals surface area contributed by atoms with E-state index in [9.17, 15) is 0 Å². The van der Waals surface area contributed by atoms with E-state index in [0.717, 1.165) is 22.4 Å². The summed E-state index contributed by atoms with van der Waals surface area (Å²) in [6.45, 7) is 1.85. The normalized spacial score (nSPS) is 10.6. The Labute approximate surface area is 127 Å². The summed E-state index contributed by atoms with van der Waals surface area (Å²) in [5.74, 6) is 2.16. The van der Waals surface area contributed by atoms with E-state index in [4.69, 9.17) is 11.6 Å². The van der Waals surface area contributed by atoms with Crippen molar-refractivity contribution in [3.8, 4) is 0 Å². The number of halogens is 1. The van der Waals surface area contributed by atoms with E-state index in [1.165, 1.54) is 0 Å². The Morgan fingerprint density at radius 2 is 1.90 bits per heavy atom. The number of hydrogen-bond donors (Lipinski definition) is 2. The molecular weight excluding hydrogens is 286 g/mol. The highest BCUT2D eigenvalue weighted by Gasteiger charge is 2.07. The van der Waals surface area contributed by atoms with Gasteiger partial charge in [-0.2, -0.15) is 0 Å². The van der Waals surface area contributed by atoms with Crippen LogP contribution < -0.4 is 10.6 Å². The van der Waals surface area contributed by atoms with E-state index >= 15 is 0 Å². The summed E-state index contributed by atoms with van der Waals surface area (Å²) in [5, 5.41) is 7.88. The summed E-state index contributed by atoms with van der Waals surface area (Å²) in [7, 11) is 1.82. The van der Waals surface area contributed by atoms with Gasteiger partial charge >= 0.3 is 0 Å². The van der Waals surface area contributed by atoms with Crippen molar-refractivity contribution in [2.24, 2.45) is 0 Å². The molecular formula is C15H14ClN5. The highest BCUT2D eigenvalue weighted by molar-refractivity contribution is 6.35. The second-order valence-electron chi connectivity index (χ2n) is 4.56. The van der Waals surface area contributed by atoms with Crippen LogP contribution in [0.15, 0.2) is 36.5 Å². The fraction of sp³-hybridized carbons (Fsp3) is 0.133. The van der Waals surface area contributed by atoms with Gasteiger partial charge in [0, 0.05) is 24.7 Å². The second-order valence-corrected chi connectivity index (χ2v) is 4.96. The zero-order valence-corrected chi connectivity index (χ0v) is 12.4. The van der Waals surface area contributed by atoms with Gasteiger partial charge in [-0.25, -0.2) is 9.97 Å². The first-order valence-electron chi connectivity index (χ1n) is 6.51. The van der Waals surface area contributed by atoms with Crippen molar-refractivity contribution in [3.63, 3.8) is 0 Å². The van der Waals surface area contributed by atoms with Gasteiger partial charge in [-0.15, -0.1) is 0 Å². The molecule has 0 atom stereocenters. The van der Waals surface area contributed by atoms with Gasteiger partial charge in [-0.1, -0.05) is 11.6 Å². The molecule has 0 aliphatic heterocycles. The topological polar surface area (TPSA) is 62.7 Å². The van der Waals surface area contributed by atoms with E-state index in [1.807, 2.05) is 44.3 Å². The molecule has 2 N–H and O–H groups in total. The van der Waals surface area contributed by atoms with E-state index < -0.39 is 0 Å². The quantitative estimate of drug-likeness (QED) is 0.771. The maximum absolute atomic E-state index is 6.20. The van der Waals surface area contributed by atoms with E-state index in [0.29, 0.717) is 16.7 Å². The molecule has 0 unspecified atom stereocenters. The molecule has 0 aliphatic rings. The lowest BCUT2D eigenvalue weighted by atomic mass is 10.2. The summed E-state index contributed by atoms with van der Waals surface area (Å²) in [5.41, 5.74) is 1.67. The molecule has 3 rings (SSSR count). The summed E-state index contributed by atoms with van der Waals surface area (Å²) < 4.78 is 0. The minimum Gasteiger partial charge on any atom is -0.373 e. The van der Waals surface area contributed by atoms with Crippen LogP contribution in [-0.2, 0) is 0 Å². The van der Waals surface area contributed by atoms with Gasteiger partial charge in [-0.05, 0) is 31.2 Å². The molecule has 0 saturated carbocycles. The first-order chi connectivity index (χ1) is 10.2. The van der Waals surface area contributed by atoms with Crippen LogP contribution in [-0.4, -0.2) is 22.0 Å². The molecule has 5 nitrogen and oxygen atoms in total. The minimum atomic E-state index is 0.679. The molecule has 6 heteroatoms. The molecule has 0 fully saturated rings. The van der Waals surface area contributed by atoms with E-state index in [2.05, 4.69) is 25.6 Å². The fourth-order valence-corrected chi connectivity index (χ4v) is 2.35. The van der Waals surface area contributed by atoms with Crippen LogP contribution in [0.4, 0.5) is 17.3 Å². The summed E-state index contributed by atoms with van der Waals surface area (Å²) in [4.78, 5) is 13.1. The predicted octanol–water partition coefficient (Wildman–Crippen LogP) is 3.77. The summed E-state index contributed by atoms with van der Waals surface area (Å²) in [6, 6.07) is 9.40.